The molecule has 25 heavy (non-hydrogen) atoms. The van der Waals surface area contributed by atoms with Gasteiger partial charge in [-0.25, -0.2) is 13.2 Å². The maximum atomic E-state index is 12.2. The summed E-state index contributed by atoms with van der Waals surface area (Å²) >= 11 is 0. The lowest BCUT2D eigenvalue weighted by atomic mass is 10.0. The van der Waals surface area contributed by atoms with Gasteiger partial charge in [-0.15, -0.1) is 0 Å². The molecule has 1 amide bonds. The second-order valence-electron chi connectivity index (χ2n) is 5.92. The lowest BCUT2D eigenvalue weighted by Crippen LogP contribution is -2.33. The number of aryl methyl sites for hydroxylation is 2. The van der Waals surface area contributed by atoms with E-state index in [1.165, 1.54) is 12.1 Å². The molecule has 1 aromatic carbocycles. The molecule has 0 saturated heterocycles. The third-order valence-corrected chi connectivity index (χ3v) is 4.49. The van der Waals surface area contributed by atoms with Crippen LogP contribution in [0, 0.1) is 13.8 Å². The number of hydrogen-bond acceptors (Lipinski definition) is 5. The number of furan rings is 1. The summed E-state index contributed by atoms with van der Waals surface area (Å²) < 4.78 is 27.7. The first-order valence-corrected chi connectivity index (χ1v) is 9.50. The van der Waals surface area contributed by atoms with Crippen LogP contribution in [0.15, 0.2) is 34.7 Å². The largest absolute Gasteiger partial charge is 0.479 e. The van der Waals surface area contributed by atoms with E-state index < -0.39 is 27.8 Å². The standard InChI is InChI=1S/C17H19NO6S/c1-10-4-5-12(8-11(10)2)15(17(20)21)18-16(19)14-7-6-13(24-14)9-25(3,22)23/h4-8,15H,9H2,1-3H3,(H,18,19)(H,20,21). The van der Waals surface area contributed by atoms with Gasteiger partial charge in [-0.05, 0) is 42.7 Å². The number of carboxylic acid groups (broad SMARTS) is 1. The van der Waals surface area contributed by atoms with Crippen molar-refractivity contribution in [1.29, 1.82) is 0 Å². The van der Waals surface area contributed by atoms with Crippen molar-refractivity contribution in [2.24, 2.45) is 0 Å². The third kappa shape index (κ3) is 4.93. The highest BCUT2D eigenvalue weighted by Gasteiger charge is 2.24. The number of benzene rings is 1. The van der Waals surface area contributed by atoms with Gasteiger partial charge >= 0.3 is 5.97 Å². The molecule has 0 aliphatic carbocycles. The van der Waals surface area contributed by atoms with Crippen LogP contribution in [-0.4, -0.2) is 31.7 Å². The van der Waals surface area contributed by atoms with Gasteiger partial charge in [-0.1, -0.05) is 18.2 Å². The molecule has 2 N–H and O–H groups in total. The lowest BCUT2D eigenvalue weighted by Gasteiger charge is -2.15. The number of rotatable bonds is 6. The Morgan fingerprint density at radius 2 is 1.84 bits per heavy atom. The minimum atomic E-state index is -3.30. The fourth-order valence-electron chi connectivity index (χ4n) is 2.27. The Morgan fingerprint density at radius 3 is 2.40 bits per heavy atom. The van der Waals surface area contributed by atoms with Crippen LogP contribution in [0.25, 0.3) is 0 Å². The molecule has 0 spiro atoms. The van der Waals surface area contributed by atoms with E-state index in [2.05, 4.69) is 5.32 Å². The lowest BCUT2D eigenvalue weighted by molar-refractivity contribution is -0.139. The summed E-state index contributed by atoms with van der Waals surface area (Å²) in [7, 11) is -3.30. The number of aliphatic carboxylic acids is 1. The number of carboxylic acids is 1. The van der Waals surface area contributed by atoms with Gasteiger partial charge in [0.05, 0.1) is 0 Å². The van der Waals surface area contributed by atoms with E-state index in [1.54, 1.807) is 18.2 Å². The van der Waals surface area contributed by atoms with Crippen LogP contribution < -0.4 is 5.32 Å². The smallest absolute Gasteiger partial charge is 0.330 e. The fourth-order valence-corrected chi connectivity index (χ4v) is 2.94. The molecule has 1 atom stereocenters. The molecular formula is C17H19NO6S. The van der Waals surface area contributed by atoms with Crippen molar-refractivity contribution < 1.29 is 27.5 Å². The quantitative estimate of drug-likeness (QED) is 0.809. The number of nitrogens with one attached hydrogen (secondary N) is 1. The Bertz CT molecular complexity index is 913. The Labute approximate surface area is 145 Å². The molecule has 8 heteroatoms. The summed E-state index contributed by atoms with van der Waals surface area (Å²) in [4.78, 5) is 23.8. The van der Waals surface area contributed by atoms with Crippen molar-refractivity contribution in [2.75, 3.05) is 6.26 Å². The van der Waals surface area contributed by atoms with E-state index in [0.717, 1.165) is 17.4 Å². The van der Waals surface area contributed by atoms with Crippen LogP contribution in [0.2, 0.25) is 0 Å². The van der Waals surface area contributed by atoms with Gasteiger partial charge in [0.1, 0.15) is 11.5 Å². The zero-order valence-corrected chi connectivity index (χ0v) is 14.9. The highest BCUT2D eigenvalue weighted by molar-refractivity contribution is 7.89. The summed E-state index contributed by atoms with van der Waals surface area (Å²) in [5.74, 6) is -2.30. The summed E-state index contributed by atoms with van der Waals surface area (Å²) in [5.41, 5.74) is 2.36. The number of carbonyl (C=O) groups excluding carboxylic acids is 1. The predicted octanol–water partition coefficient (Wildman–Crippen LogP) is 2.00. The molecule has 0 aliphatic rings. The molecule has 7 nitrogen and oxygen atoms in total. The predicted molar refractivity (Wildman–Crippen MR) is 91.0 cm³/mol. The first-order valence-electron chi connectivity index (χ1n) is 7.44. The number of carbonyl (C=O) groups is 2. The molecule has 1 heterocycles. The molecule has 0 aliphatic heterocycles. The zero-order chi connectivity index (χ0) is 18.8. The minimum absolute atomic E-state index is 0.116. The molecule has 0 radical (unpaired) electrons. The van der Waals surface area contributed by atoms with E-state index in [0.29, 0.717) is 5.56 Å². The average molecular weight is 365 g/mol. The van der Waals surface area contributed by atoms with Crippen molar-refractivity contribution in [3.8, 4) is 0 Å². The average Bonchev–Trinajstić information content (AvgIpc) is 2.93. The topological polar surface area (TPSA) is 114 Å². The van der Waals surface area contributed by atoms with Gasteiger partial charge in [0.25, 0.3) is 5.91 Å². The van der Waals surface area contributed by atoms with E-state index in [1.807, 2.05) is 13.8 Å². The molecule has 2 aromatic rings. The first kappa shape index (κ1) is 18.7. The molecule has 1 aromatic heterocycles. The van der Waals surface area contributed by atoms with Crippen molar-refractivity contribution in [1.82, 2.24) is 5.32 Å². The highest BCUT2D eigenvalue weighted by atomic mass is 32.2. The van der Waals surface area contributed by atoms with Crippen LogP contribution in [-0.2, 0) is 20.4 Å². The van der Waals surface area contributed by atoms with Gasteiger partial charge < -0.3 is 14.8 Å². The van der Waals surface area contributed by atoms with Crippen molar-refractivity contribution >= 4 is 21.7 Å². The monoisotopic (exact) mass is 365 g/mol. The Balaban J connectivity index is 2.21. The van der Waals surface area contributed by atoms with Crippen LogP contribution in [0.5, 0.6) is 0 Å². The normalized spacial score (nSPS) is 12.6. The van der Waals surface area contributed by atoms with Crippen LogP contribution >= 0.6 is 0 Å². The van der Waals surface area contributed by atoms with Gasteiger partial charge in [-0.3, -0.25) is 4.79 Å². The SMILES string of the molecule is Cc1ccc(C(NC(=O)c2ccc(CS(C)(=O)=O)o2)C(=O)O)cc1C. The second kappa shape index (κ2) is 7.10. The first-order chi connectivity index (χ1) is 11.6. The van der Waals surface area contributed by atoms with Gasteiger partial charge in [0.15, 0.2) is 21.6 Å². The summed E-state index contributed by atoms with van der Waals surface area (Å²) in [6.07, 6.45) is 1.05. The Hall–Kier alpha value is -2.61. The summed E-state index contributed by atoms with van der Waals surface area (Å²) in [6, 6.07) is 6.57. The van der Waals surface area contributed by atoms with Crippen LogP contribution in [0.4, 0.5) is 0 Å². The molecule has 0 saturated carbocycles. The van der Waals surface area contributed by atoms with Crippen molar-refractivity contribution in [3.05, 3.63) is 58.5 Å². The van der Waals surface area contributed by atoms with Crippen LogP contribution in [0.3, 0.4) is 0 Å². The van der Waals surface area contributed by atoms with Gasteiger partial charge in [0, 0.05) is 6.26 Å². The van der Waals surface area contributed by atoms with Gasteiger partial charge in [0.2, 0.25) is 0 Å². The van der Waals surface area contributed by atoms with E-state index in [-0.39, 0.29) is 17.3 Å². The fraction of sp³-hybridized carbons (Fsp3) is 0.294. The third-order valence-electron chi connectivity index (χ3n) is 3.68. The molecular weight excluding hydrogens is 346 g/mol. The van der Waals surface area contributed by atoms with Crippen molar-refractivity contribution in [2.45, 2.75) is 25.6 Å². The van der Waals surface area contributed by atoms with E-state index >= 15 is 0 Å². The van der Waals surface area contributed by atoms with E-state index in [4.69, 9.17) is 4.42 Å². The number of sulfone groups is 1. The molecule has 2 rings (SSSR count). The highest BCUT2D eigenvalue weighted by Crippen LogP contribution is 2.19. The Kier molecular flexibility index (Phi) is 5.32. The number of hydrogen-bond donors (Lipinski definition) is 2. The summed E-state index contributed by atoms with van der Waals surface area (Å²) in [5, 5.41) is 11.8. The van der Waals surface area contributed by atoms with Crippen molar-refractivity contribution in [3.63, 3.8) is 0 Å². The maximum absolute atomic E-state index is 12.2. The molecule has 0 fully saturated rings. The minimum Gasteiger partial charge on any atom is -0.479 e. The molecule has 134 valence electrons. The van der Waals surface area contributed by atoms with Crippen LogP contribution in [0.1, 0.15) is 39.0 Å². The van der Waals surface area contributed by atoms with E-state index in [9.17, 15) is 23.1 Å². The molecule has 0 bridgehead atoms. The second-order valence-corrected chi connectivity index (χ2v) is 8.06. The molecule has 1 unspecified atom stereocenters. The summed E-state index contributed by atoms with van der Waals surface area (Å²) in [6.45, 7) is 3.75. The Morgan fingerprint density at radius 1 is 1.16 bits per heavy atom. The van der Waals surface area contributed by atoms with Gasteiger partial charge in [-0.2, -0.15) is 0 Å². The maximum Gasteiger partial charge on any atom is 0.330 e. The number of amides is 1. The zero-order valence-electron chi connectivity index (χ0n) is 14.1.